The van der Waals surface area contributed by atoms with Crippen LogP contribution in [0.4, 0.5) is 0 Å². The van der Waals surface area contributed by atoms with Gasteiger partial charge >= 0.3 is 0 Å². The normalized spacial score (nSPS) is 10.3. The van der Waals surface area contributed by atoms with Crippen molar-refractivity contribution in [1.82, 2.24) is 9.80 Å². The summed E-state index contributed by atoms with van der Waals surface area (Å²) in [5.41, 5.74) is 1.39. The molecular weight excluding hydrogens is 292 g/mol. The summed E-state index contributed by atoms with van der Waals surface area (Å²) in [6.07, 6.45) is 0. The molecule has 1 aromatic rings. The Hall–Kier alpha value is -1.59. The summed E-state index contributed by atoms with van der Waals surface area (Å²) in [5, 5.41) is 0. The van der Waals surface area contributed by atoms with Gasteiger partial charge in [0.15, 0.2) is 0 Å². The molecule has 21 heavy (non-hydrogen) atoms. The summed E-state index contributed by atoms with van der Waals surface area (Å²) in [6, 6.07) is 7.11. The molecule has 0 aliphatic heterocycles. The smallest absolute Gasteiger partial charge is 0.254 e. The molecule has 2 amide bonds. The first kappa shape index (κ1) is 17.5. The Balaban J connectivity index is 2.89. The van der Waals surface area contributed by atoms with Crippen LogP contribution in [0.25, 0.3) is 0 Å². The van der Waals surface area contributed by atoms with Crippen LogP contribution < -0.4 is 0 Å². The molecule has 1 aromatic carbocycles. The van der Waals surface area contributed by atoms with Crippen LogP contribution >= 0.6 is 11.6 Å². The van der Waals surface area contributed by atoms with Crippen molar-refractivity contribution in [1.29, 1.82) is 0 Å². The highest BCUT2D eigenvalue weighted by Crippen LogP contribution is 2.11. The van der Waals surface area contributed by atoms with Gasteiger partial charge in [-0.05, 0) is 17.7 Å². The number of likely N-dealkylation sites (N-methyl/N-ethyl adjacent to an activating group) is 1. The number of nitrogens with zero attached hydrogens (tertiary/aromatic N) is 2. The predicted molar refractivity (Wildman–Crippen MR) is 82.5 cm³/mol. The van der Waals surface area contributed by atoms with Gasteiger partial charge in [-0.25, -0.2) is 0 Å². The lowest BCUT2D eigenvalue weighted by Crippen LogP contribution is -2.41. The molecule has 0 atom stereocenters. The number of carbonyl (C=O) groups is 2. The van der Waals surface area contributed by atoms with E-state index in [1.807, 2.05) is 6.07 Å². The summed E-state index contributed by atoms with van der Waals surface area (Å²) in [7, 11) is 4.88. The third-order valence-electron chi connectivity index (χ3n) is 3.01. The van der Waals surface area contributed by atoms with Crippen LogP contribution in [0.15, 0.2) is 24.3 Å². The van der Waals surface area contributed by atoms with Crippen LogP contribution in [0.3, 0.4) is 0 Å². The second-order valence-electron chi connectivity index (χ2n) is 4.84. The fourth-order valence-electron chi connectivity index (χ4n) is 1.73. The molecule has 0 heterocycles. The average Bonchev–Trinajstić information content (AvgIpc) is 2.50. The summed E-state index contributed by atoms with van der Waals surface area (Å²) in [5.74, 6) is 0.0117. The Morgan fingerprint density at radius 3 is 2.57 bits per heavy atom. The fourth-order valence-corrected chi connectivity index (χ4v) is 1.89. The molecular formula is C15H21ClN2O3. The van der Waals surface area contributed by atoms with Crippen molar-refractivity contribution in [3.63, 3.8) is 0 Å². The highest BCUT2D eigenvalue weighted by molar-refractivity contribution is 6.17. The van der Waals surface area contributed by atoms with E-state index >= 15 is 0 Å². The number of hydrogen-bond donors (Lipinski definition) is 0. The van der Waals surface area contributed by atoms with Gasteiger partial charge in [-0.3, -0.25) is 9.59 Å². The van der Waals surface area contributed by atoms with E-state index in [9.17, 15) is 9.59 Å². The molecule has 0 unspecified atom stereocenters. The Labute approximate surface area is 130 Å². The van der Waals surface area contributed by atoms with Gasteiger partial charge in [0.2, 0.25) is 5.91 Å². The minimum atomic E-state index is -0.200. The lowest BCUT2D eigenvalue weighted by molar-refractivity contribution is -0.129. The summed E-state index contributed by atoms with van der Waals surface area (Å²) < 4.78 is 5.01. The number of hydrogen-bond acceptors (Lipinski definition) is 3. The van der Waals surface area contributed by atoms with E-state index in [-0.39, 0.29) is 18.4 Å². The van der Waals surface area contributed by atoms with Gasteiger partial charge in [-0.1, -0.05) is 12.1 Å². The maximum Gasteiger partial charge on any atom is 0.254 e. The third kappa shape index (κ3) is 5.36. The van der Waals surface area contributed by atoms with Gasteiger partial charge in [0.1, 0.15) is 6.54 Å². The van der Waals surface area contributed by atoms with Crippen LogP contribution in [0, 0.1) is 0 Å². The SMILES string of the molecule is COCCN(CC(=O)N(C)C)C(=O)c1cccc(CCl)c1. The number of methoxy groups -OCH3 is 1. The third-order valence-corrected chi connectivity index (χ3v) is 3.31. The molecule has 0 saturated heterocycles. The first-order valence-electron chi connectivity index (χ1n) is 6.63. The maximum atomic E-state index is 12.5. The molecule has 0 spiro atoms. The first-order valence-corrected chi connectivity index (χ1v) is 7.16. The largest absolute Gasteiger partial charge is 0.383 e. The molecule has 0 aliphatic carbocycles. The zero-order valence-corrected chi connectivity index (χ0v) is 13.4. The van der Waals surface area contributed by atoms with Gasteiger partial charge in [0.05, 0.1) is 6.61 Å². The second kappa shape index (κ2) is 8.64. The number of benzene rings is 1. The van der Waals surface area contributed by atoms with E-state index in [2.05, 4.69) is 0 Å². The average molecular weight is 313 g/mol. The lowest BCUT2D eigenvalue weighted by atomic mass is 10.1. The van der Waals surface area contributed by atoms with Crippen LogP contribution in [0.2, 0.25) is 0 Å². The van der Waals surface area contributed by atoms with E-state index in [1.54, 1.807) is 39.4 Å². The molecule has 0 N–H and O–H groups in total. The van der Waals surface area contributed by atoms with Gasteiger partial charge in [-0.15, -0.1) is 11.6 Å². The minimum Gasteiger partial charge on any atom is -0.383 e. The molecule has 1 rings (SSSR count). The zero-order chi connectivity index (χ0) is 15.8. The maximum absolute atomic E-state index is 12.5. The van der Waals surface area contributed by atoms with Gasteiger partial charge in [0.25, 0.3) is 5.91 Å². The Morgan fingerprint density at radius 1 is 1.29 bits per heavy atom. The predicted octanol–water partition coefficient (Wildman–Crippen LogP) is 1.60. The van der Waals surface area contributed by atoms with E-state index < -0.39 is 0 Å². The number of halogens is 1. The van der Waals surface area contributed by atoms with Crippen LogP contribution in [-0.4, -0.2) is 62.5 Å². The van der Waals surface area contributed by atoms with E-state index in [0.717, 1.165) is 5.56 Å². The molecule has 0 fully saturated rings. The Morgan fingerprint density at radius 2 is 2.00 bits per heavy atom. The highest BCUT2D eigenvalue weighted by atomic mass is 35.5. The lowest BCUT2D eigenvalue weighted by Gasteiger charge is -2.23. The Kier molecular flexibility index (Phi) is 7.19. The van der Waals surface area contributed by atoms with Crippen molar-refractivity contribution in [2.45, 2.75) is 5.88 Å². The summed E-state index contributed by atoms with van der Waals surface area (Å²) in [6.45, 7) is 0.766. The van der Waals surface area contributed by atoms with Gasteiger partial charge in [-0.2, -0.15) is 0 Å². The number of amides is 2. The van der Waals surface area contributed by atoms with Crippen molar-refractivity contribution in [2.75, 3.05) is 40.9 Å². The molecule has 0 aliphatic rings. The summed E-state index contributed by atoms with van der Waals surface area (Å²) >= 11 is 5.79. The molecule has 0 aromatic heterocycles. The standard InChI is InChI=1S/C15H21ClN2O3/c1-17(2)14(19)11-18(7-8-21-3)15(20)13-6-4-5-12(9-13)10-16/h4-6,9H,7-8,10-11H2,1-3H3. The fraction of sp³-hybridized carbons (Fsp3) is 0.467. The number of ether oxygens (including phenoxy) is 1. The molecule has 116 valence electrons. The minimum absolute atomic E-state index is 0.0281. The van der Waals surface area contributed by atoms with E-state index in [4.69, 9.17) is 16.3 Å². The van der Waals surface area contributed by atoms with Gasteiger partial charge < -0.3 is 14.5 Å². The van der Waals surface area contributed by atoms with Gasteiger partial charge in [0, 0.05) is 39.2 Å². The van der Waals surface area contributed by atoms with Crippen LogP contribution in [-0.2, 0) is 15.4 Å². The first-order chi connectivity index (χ1) is 9.99. The van der Waals surface area contributed by atoms with Crippen molar-refractivity contribution in [3.8, 4) is 0 Å². The topological polar surface area (TPSA) is 49.9 Å². The highest BCUT2D eigenvalue weighted by Gasteiger charge is 2.19. The van der Waals surface area contributed by atoms with Crippen molar-refractivity contribution in [3.05, 3.63) is 35.4 Å². The van der Waals surface area contributed by atoms with E-state index in [1.165, 1.54) is 9.80 Å². The van der Waals surface area contributed by atoms with Crippen LogP contribution in [0.5, 0.6) is 0 Å². The van der Waals surface area contributed by atoms with Crippen molar-refractivity contribution < 1.29 is 14.3 Å². The number of carbonyl (C=O) groups excluding carboxylic acids is 2. The zero-order valence-electron chi connectivity index (χ0n) is 12.6. The Bertz CT molecular complexity index is 492. The quantitative estimate of drug-likeness (QED) is 0.719. The summed E-state index contributed by atoms with van der Waals surface area (Å²) in [4.78, 5) is 27.3. The monoisotopic (exact) mass is 312 g/mol. The molecule has 0 saturated carbocycles. The molecule has 0 radical (unpaired) electrons. The van der Waals surface area contributed by atoms with Crippen molar-refractivity contribution in [2.24, 2.45) is 0 Å². The van der Waals surface area contributed by atoms with Crippen LogP contribution in [0.1, 0.15) is 15.9 Å². The second-order valence-corrected chi connectivity index (χ2v) is 5.11. The van der Waals surface area contributed by atoms with E-state index in [0.29, 0.717) is 24.6 Å². The molecule has 6 heteroatoms. The number of alkyl halides is 1. The number of rotatable bonds is 7. The van der Waals surface area contributed by atoms with Crippen molar-refractivity contribution >= 4 is 23.4 Å². The molecule has 5 nitrogen and oxygen atoms in total. The molecule has 0 bridgehead atoms.